The van der Waals surface area contributed by atoms with E-state index in [0.717, 1.165) is 11.3 Å². The van der Waals surface area contributed by atoms with Crippen molar-refractivity contribution >= 4 is 21.8 Å². The largest absolute Gasteiger partial charge is 0.492 e. The van der Waals surface area contributed by atoms with Gasteiger partial charge >= 0.3 is 0 Å². The fourth-order valence-electron chi connectivity index (χ4n) is 2.27. The molecule has 0 atom stereocenters. The van der Waals surface area contributed by atoms with Crippen LogP contribution in [0.15, 0.2) is 36.4 Å². The van der Waals surface area contributed by atoms with Gasteiger partial charge in [-0.25, -0.2) is 0 Å². The van der Waals surface area contributed by atoms with E-state index >= 15 is 0 Å². The van der Waals surface area contributed by atoms with Crippen molar-refractivity contribution in [3.63, 3.8) is 0 Å². The lowest BCUT2D eigenvalue weighted by Gasteiger charge is -2.03. The van der Waals surface area contributed by atoms with Crippen LogP contribution in [0.2, 0.25) is 0 Å². The molecule has 0 saturated carbocycles. The first kappa shape index (κ1) is 11.1. The van der Waals surface area contributed by atoms with Crippen molar-refractivity contribution in [2.24, 2.45) is 5.73 Å². The van der Waals surface area contributed by atoms with E-state index < -0.39 is 0 Å². The Morgan fingerprint density at radius 1 is 1.06 bits per heavy atom. The van der Waals surface area contributed by atoms with E-state index in [1.807, 2.05) is 12.1 Å². The number of nitrogens with one attached hydrogen (secondary N) is 1. The summed E-state index contributed by atoms with van der Waals surface area (Å²) in [4.78, 5) is 3.42. The molecule has 3 heteroatoms. The molecular formula is C15H16N2O. The molecule has 0 amide bonds. The standard InChI is InChI=1S/C15H16N2O/c1-10-2-4-12-13-5-3-11(18-7-6-16)9-15(13)17-14(12)8-10/h2-5,8-9,17H,6-7,16H2,1H3. The number of aryl methyl sites for hydroxylation is 1. The minimum Gasteiger partial charge on any atom is -0.492 e. The van der Waals surface area contributed by atoms with Crippen molar-refractivity contribution in [2.75, 3.05) is 13.2 Å². The molecule has 0 aliphatic rings. The van der Waals surface area contributed by atoms with Crippen LogP contribution in [-0.4, -0.2) is 18.1 Å². The zero-order valence-electron chi connectivity index (χ0n) is 10.4. The summed E-state index contributed by atoms with van der Waals surface area (Å²) in [6, 6.07) is 12.6. The van der Waals surface area contributed by atoms with Gasteiger partial charge in [0.2, 0.25) is 0 Å². The molecule has 0 bridgehead atoms. The maximum Gasteiger partial charge on any atom is 0.121 e. The lowest BCUT2D eigenvalue weighted by molar-refractivity contribution is 0.329. The highest BCUT2D eigenvalue weighted by Crippen LogP contribution is 2.28. The summed E-state index contributed by atoms with van der Waals surface area (Å²) in [5, 5.41) is 2.48. The second kappa shape index (κ2) is 4.35. The maximum atomic E-state index is 5.54. The summed E-state index contributed by atoms with van der Waals surface area (Å²) < 4.78 is 5.54. The number of nitrogens with two attached hydrogens (primary N) is 1. The third-order valence-corrected chi connectivity index (χ3v) is 3.11. The first-order chi connectivity index (χ1) is 8.78. The molecule has 3 N–H and O–H groups in total. The van der Waals surface area contributed by atoms with Crippen molar-refractivity contribution in [3.8, 4) is 5.75 Å². The van der Waals surface area contributed by atoms with E-state index in [2.05, 4.69) is 36.2 Å². The fourth-order valence-corrected chi connectivity index (χ4v) is 2.27. The SMILES string of the molecule is Cc1ccc2c(c1)[nH]c1cc(OCCN)ccc12. The van der Waals surface area contributed by atoms with Gasteiger partial charge in [-0.3, -0.25) is 0 Å². The molecule has 0 unspecified atom stereocenters. The zero-order valence-corrected chi connectivity index (χ0v) is 10.4. The highest BCUT2D eigenvalue weighted by Gasteiger charge is 2.05. The normalized spacial score (nSPS) is 11.2. The molecule has 3 aromatic rings. The van der Waals surface area contributed by atoms with Crippen LogP contribution in [0, 0.1) is 6.92 Å². The molecule has 0 aliphatic carbocycles. The van der Waals surface area contributed by atoms with Gasteiger partial charge in [-0.05, 0) is 30.7 Å². The summed E-state index contributed by atoms with van der Waals surface area (Å²) in [7, 11) is 0. The number of benzene rings is 2. The molecule has 0 spiro atoms. The van der Waals surface area contributed by atoms with Gasteiger partial charge in [0.15, 0.2) is 0 Å². The smallest absolute Gasteiger partial charge is 0.121 e. The third-order valence-electron chi connectivity index (χ3n) is 3.11. The Morgan fingerprint density at radius 2 is 1.78 bits per heavy atom. The number of aromatic amines is 1. The lowest BCUT2D eigenvalue weighted by Crippen LogP contribution is -2.10. The van der Waals surface area contributed by atoms with Crippen LogP contribution in [0.3, 0.4) is 0 Å². The molecule has 0 aliphatic heterocycles. The molecule has 1 aromatic heterocycles. The van der Waals surface area contributed by atoms with E-state index in [4.69, 9.17) is 10.5 Å². The van der Waals surface area contributed by atoms with E-state index in [1.165, 1.54) is 21.9 Å². The van der Waals surface area contributed by atoms with E-state index in [9.17, 15) is 0 Å². The van der Waals surface area contributed by atoms with Gasteiger partial charge in [-0.2, -0.15) is 0 Å². The topological polar surface area (TPSA) is 51.0 Å². The van der Waals surface area contributed by atoms with Crippen molar-refractivity contribution in [2.45, 2.75) is 6.92 Å². The molecule has 3 rings (SSSR count). The number of ether oxygens (including phenoxy) is 1. The maximum absolute atomic E-state index is 5.54. The number of hydrogen-bond donors (Lipinski definition) is 2. The molecule has 1 heterocycles. The fraction of sp³-hybridized carbons (Fsp3) is 0.200. The highest BCUT2D eigenvalue weighted by molar-refractivity contribution is 6.07. The molecule has 0 saturated heterocycles. The first-order valence-corrected chi connectivity index (χ1v) is 6.13. The highest BCUT2D eigenvalue weighted by atomic mass is 16.5. The third kappa shape index (κ3) is 1.83. The summed E-state index contributed by atoms with van der Waals surface area (Å²) >= 11 is 0. The van der Waals surface area contributed by atoms with Gasteiger partial charge in [0.05, 0.1) is 5.52 Å². The van der Waals surface area contributed by atoms with Crippen LogP contribution in [0.1, 0.15) is 5.56 Å². The minimum absolute atomic E-state index is 0.532. The van der Waals surface area contributed by atoms with Crippen LogP contribution in [0.5, 0.6) is 5.75 Å². The summed E-state index contributed by atoms with van der Waals surface area (Å²) in [6.07, 6.45) is 0. The predicted molar refractivity (Wildman–Crippen MR) is 75.1 cm³/mol. The van der Waals surface area contributed by atoms with E-state index in [1.54, 1.807) is 0 Å². The van der Waals surface area contributed by atoms with Crippen molar-refractivity contribution in [1.29, 1.82) is 0 Å². The average molecular weight is 240 g/mol. The van der Waals surface area contributed by atoms with Crippen molar-refractivity contribution in [3.05, 3.63) is 42.0 Å². The van der Waals surface area contributed by atoms with Gasteiger partial charge in [0.25, 0.3) is 0 Å². The van der Waals surface area contributed by atoms with Crippen molar-refractivity contribution in [1.82, 2.24) is 4.98 Å². The molecular weight excluding hydrogens is 224 g/mol. The Morgan fingerprint density at radius 3 is 2.56 bits per heavy atom. The average Bonchev–Trinajstić information content (AvgIpc) is 2.72. The van der Waals surface area contributed by atoms with Gasteiger partial charge in [0.1, 0.15) is 12.4 Å². The second-order valence-corrected chi connectivity index (χ2v) is 4.52. The van der Waals surface area contributed by atoms with E-state index in [0.29, 0.717) is 13.2 Å². The number of hydrogen-bond acceptors (Lipinski definition) is 2. The van der Waals surface area contributed by atoms with E-state index in [-0.39, 0.29) is 0 Å². The predicted octanol–water partition coefficient (Wildman–Crippen LogP) is 2.97. The second-order valence-electron chi connectivity index (χ2n) is 4.52. The minimum atomic E-state index is 0.532. The van der Waals surface area contributed by atoms with Gasteiger partial charge < -0.3 is 15.5 Å². The molecule has 0 fully saturated rings. The monoisotopic (exact) mass is 240 g/mol. The Balaban J connectivity index is 2.14. The van der Waals surface area contributed by atoms with Crippen LogP contribution in [-0.2, 0) is 0 Å². The number of fused-ring (bicyclic) bond motifs is 3. The molecule has 0 radical (unpaired) electrons. The molecule has 92 valence electrons. The van der Waals surface area contributed by atoms with Gasteiger partial charge in [-0.1, -0.05) is 12.1 Å². The number of rotatable bonds is 3. The number of aromatic nitrogens is 1. The summed E-state index contributed by atoms with van der Waals surface area (Å²) in [5.41, 5.74) is 8.96. The summed E-state index contributed by atoms with van der Waals surface area (Å²) in [5.74, 6) is 0.858. The molecule has 3 nitrogen and oxygen atoms in total. The number of H-pyrrole nitrogens is 1. The van der Waals surface area contributed by atoms with Crippen LogP contribution >= 0.6 is 0 Å². The Labute approximate surface area is 106 Å². The molecule has 2 aromatic carbocycles. The van der Waals surface area contributed by atoms with Crippen LogP contribution in [0.4, 0.5) is 0 Å². The summed E-state index contributed by atoms with van der Waals surface area (Å²) in [6.45, 7) is 3.18. The molecule has 18 heavy (non-hydrogen) atoms. The van der Waals surface area contributed by atoms with Crippen LogP contribution < -0.4 is 10.5 Å². The zero-order chi connectivity index (χ0) is 12.5. The first-order valence-electron chi connectivity index (χ1n) is 6.13. The Bertz CT molecular complexity index is 700. The Hall–Kier alpha value is -2.00. The van der Waals surface area contributed by atoms with Gasteiger partial charge in [0, 0.05) is 28.9 Å². The lowest BCUT2D eigenvalue weighted by atomic mass is 10.1. The van der Waals surface area contributed by atoms with Crippen LogP contribution in [0.25, 0.3) is 21.8 Å². The van der Waals surface area contributed by atoms with Gasteiger partial charge in [-0.15, -0.1) is 0 Å². The Kier molecular flexibility index (Phi) is 2.68. The van der Waals surface area contributed by atoms with Crippen molar-refractivity contribution < 1.29 is 4.74 Å². The quantitative estimate of drug-likeness (QED) is 0.739.